The van der Waals surface area contributed by atoms with Gasteiger partial charge in [-0.25, -0.2) is 17.5 Å². The standard InChI is InChI=1S/C21H24N2O6S/c1-4-6-7-20(24)23(15-8-10-16(11-9-15)28-5-2)30(26,27)17-12-13-18-19(14-17)29-21(25)22(18)3/h8-14H,4-7H2,1-3H3. The second-order valence-electron chi connectivity index (χ2n) is 6.75. The molecule has 2 aromatic carbocycles. The zero-order chi connectivity index (χ0) is 21.9. The Balaban J connectivity index is 2.09. The highest BCUT2D eigenvalue weighted by molar-refractivity contribution is 7.93. The quantitative estimate of drug-likeness (QED) is 0.541. The number of carbonyl (C=O) groups is 1. The first-order valence-corrected chi connectivity index (χ1v) is 11.1. The van der Waals surface area contributed by atoms with E-state index in [0.717, 1.165) is 10.7 Å². The van der Waals surface area contributed by atoms with Gasteiger partial charge in [0.25, 0.3) is 10.0 Å². The lowest BCUT2D eigenvalue weighted by molar-refractivity contribution is -0.117. The average molecular weight is 432 g/mol. The third-order valence-corrected chi connectivity index (χ3v) is 6.40. The van der Waals surface area contributed by atoms with E-state index >= 15 is 0 Å². The summed E-state index contributed by atoms with van der Waals surface area (Å²) in [6.07, 6.45) is 1.41. The summed E-state index contributed by atoms with van der Waals surface area (Å²) in [5.74, 6) is -0.551. The van der Waals surface area contributed by atoms with Crippen LogP contribution in [0.15, 0.2) is 56.6 Å². The molecule has 1 heterocycles. The van der Waals surface area contributed by atoms with Crippen LogP contribution in [0.3, 0.4) is 0 Å². The van der Waals surface area contributed by atoms with Gasteiger partial charge in [-0.3, -0.25) is 9.36 Å². The van der Waals surface area contributed by atoms with Crippen molar-refractivity contribution in [2.24, 2.45) is 7.05 Å². The number of anilines is 1. The number of carbonyl (C=O) groups excluding carboxylic acids is 1. The number of hydrogen-bond donors (Lipinski definition) is 0. The van der Waals surface area contributed by atoms with Gasteiger partial charge in [0.1, 0.15) is 5.75 Å². The molecular formula is C21H24N2O6S. The Hall–Kier alpha value is -3.07. The minimum absolute atomic E-state index is 0.0889. The Bertz CT molecular complexity index is 1210. The summed E-state index contributed by atoms with van der Waals surface area (Å²) < 4.78 is 39.5. The molecule has 0 saturated heterocycles. The molecule has 0 spiro atoms. The summed E-state index contributed by atoms with van der Waals surface area (Å²) >= 11 is 0. The molecule has 8 nitrogen and oxygen atoms in total. The fraction of sp³-hybridized carbons (Fsp3) is 0.333. The number of ether oxygens (including phenoxy) is 1. The summed E-state index contributed by atoms with van der Waals surface area (Å²) in [5.41, 5.74) is 0.814. The monoisotopic (exact) mass is 432 g/mol. The van der Waals surface area contributed by atoms with Gasteiger partial charge in [0.2, 0.25) is 5.91 Å². The smallest absolute Gasteiger partial charge is 0.419 e. The highest BCUT2D eigenvalue weighted by atomic mass is 32.2. The number of sulfonamides is 1. The van der Waals surface area contributed by atoms with E-state index in [0.29, 0.717) is 24.3 Å². The van der Waals surface area contributed by atoms with Gasteiger partial charge in [-0.1, -0.05) is 13.3 Å². The van der Waals surface area contributed by atoms with Crippen LogP contribution in [0.1, 0.15) is 33.1 Å². The Labute approximate surface area is 174 Å². The second-order valence-corrected chi connectivity index (χ2v) is 8.54. The molecule has 0 aliphatic heterocycles. The van der Waals surface area contributed by atoms with Gasteiger partial charge in [0.15, 0.2) is 5.58 Å². The van der Waals surface area contributed by atoms with Gasteiger partial charge in [-0.2, -0.15) is 0 Å². The number of nitrogens with zero attached hydrogens (tertiary/aromatic N) is 2. The minimum Gasteiger partial charge on any atom is -0.494 e. The number of oxazole rings is 1. The number of rotatable bonds is 8. The number of aryl methyl sites for hydroxylation is 1. The van der Waals surface area contributed by atoms with Gasteiger partial charge in [-0.15, -0.1) is 0 Å². The zero-order valence-corrected chi connectivity index (χ0v) is 17.9. The SMILES string of the molecule is CCCCC(=O)N(c1ccc(OCC)cc1)S(=O)(=O)c1ccc2c(c1)oc(=O)n2C. The number of unbranched alkanes of at least 4 members (excludes halogenated alkanes) is 1. The van der Waals surface area contributed by atoms with Crippen LogP contribution in [0.4, 0.5) is 5.69 Å². The van der Waals surface area contributed by atoms with Crippen molar-refractivity contribution >= 4 is 32.7 Å². The average Bonchev–Trinajstić information content (AvgIpc) is 3.01. The lowest BCUT2D eigenvalue weighted by atomic mass is 10.2. The normalized spacial score (nSPS) is 11.6. The zero-order valence-electron chi connectivity index (χ0n) is 17.1. The first-order chi connectivity index (χ1) is 14.3. The summed E-state index contributed by atoms with van der Waals surface area (Å²) in [6, 6.07) is 10.4. The molecule has 0 N–H and O–H groups in total. The Morgan fingerprint density at radius 1 is 1.13 bits per heavy atom. The molecule has 0 atom stereocenters. The van der Waals surface area contributed by atoms with Crippen molar-refractivity contribution in [1.29, 1.82) is 0 Å². The Morgan fingerprint density at radius 3 is 2.47 bits per heavy atom. The summed E-state index contributed by atoms with van der Waals surface area (Å²) in [7, 11) is -2.70. The number of benzene rings is 2. The van der Waals surface area contributed by atoms with Crippen molar-refractivity contribution in [3.63, 3.8) is 0 Å². The second kappa shape index (κ2) is 8.74. The predicted molar refractivity (Wildman–Crippen MR) is 113 cm³/mol. The Morgan fingerprint density at radius 2 is 1.83 bits per heavy atom. The molecule has 0 radical (unpaired) electrons. The third-order valence-electron chi connectivity index (χ3n) is 4.65. The number of amides is 1. The third kappa shape index (κ3) is 4.11. The highest BCUT2D eigenvalue weighted by Gasteiger charge is 2.31. The molecule has 9 heteroatoms. The molecule has 3 aromatic rings. The van der Waals surface area contributed by atoms with Gasteiger partial charge in [0, 0.05) is 19.5 Å². The Kier molecular flexibility index (Phi) is 6.31. The van der Waals surface area contributed by atoms with Gasteiger partial charge in [-0.05, 0) is 49.7 Å². The van der Waals surface area contributed by atoms with Crippen molar-refractivity contribution in [3.05, 3.63) is 53.0 Å². The highest BCUT2D eigenvalue weighted by Crippen LogP contribution is 2.28. The van der Waals surface area contributed by atoms with Crippen molar-refractivity contribution in [2.45, 2.75) is 38.0 Å². The maximum Gasteiger partial charge on any atom is 0.419 e. The van der Waals surface area contributed by atoms with E-state index in [4.69, 9.17) is 9.15 Å². The van der Waals surface area contributed by atoms with Crippen molar-refractivity contribution in [3.8, 4) is 5.75 Å². The number of fused-ring (bicyclic) bond motifs is 1. The molecule has 1 amide bonds. The molecular weight excluding hydrogens is 408 g/mol. The van der Waals surface area contributed by atoms with Gasteiger partial charge < -0.3 is 9.15 Å². The maximum atomic E-state index is 13.4. The molecule has 3 rings (SSSR count). The van der Waals surface area contributed by atoms with Crippen molar-refractivity contribution in [2.75, 3.05) is 10.9 Å². The van der Waals surface area contributed by atoms with Crippen LogP contribution in [-0.4, -0.2) is 25.5 Å². The maximum absolute atomic E-state index is 13.4. The molecule has 0 unspecified atom stereocenters. The van der Waals surface area contributed by atoms with Crippen LogP contribution in [0.2, 0.25) is 0 Å². The van der Waals surface area contributed by atoms with Gasteiger partial charge >= 0.3 is 5.76 Å². The van der Waals surface area contributed by atoms with E-state index in [2.05, 4.69) is 0 Å². The van der Waals surface area contributed by atoms with Crippen LogP contribution in [-0.2, 0) is 21.9 Å². The largest absolute Gasteiger partial charge is 0.494 e. The summed E-state index contributed by atoms with van der Waals surface area (Å²) in [4.78, 5) is 24.5. The predicted octanol–water partition coefficient (Wildman–Crippen LogP) is 3.44. The summed E-state index contributed by atoms with van der Waals surface area (Å²) in [5, 5.41) is 0. The van der Waals surface area contributed by atoms with Crippen molar-refractivity contribution < 1.29 is 22.4 Å². The lowest BCUT2D eigenvalue weighted by Crippen LogP contribution is -2.36. The number of hydrogen-bond acceptors (Lipinski definition) is 6. The van der Waals surface area contributed by atoms with Crippen LogP contribution >= 0.6 is 0 Å². The molecule has 0 aliphatic carbocycles. The topological polar surface area (TPSA) is 98.8 Å². The van der Waals surface area contributed by atoms with E-state index in [-0.39, 0.29) is 22.6 Å². The molecule has 160 valence electrons. The lowest BCUT2D eigenvalue weighted by Gasteiger charge is -2.23. The fourth-order valence-corrected chi connectivity index (χ4v) is 4.54. The molecule has 0 bridgehead atoms. The molecule has 0 aliphatic rings. The van der Waals surface area contributed by atoms with Crippen LogP contribution in [0, 0.1) is 0 Å². The molecule has 30 heavy (non-hydrogen) atoms. The molecule has 1 aromatic heterocycles. The number of aromatic nitrogens is 1. The van der Waals surface area contributed by atoms with E-state index in [1.807, 2.05) is 13.8 Å². The first-order valence-electron chi connectivity index (χ1n) is 9.70. The van der Waals surface area contributed by atoms with E-state index in [1.165, 1.54) is 41.9 Å². The van der Waals surface area contributed by atoms with Gasteiger partial charge in [0.05, 0.1) is 22.7 Å². The first kappa shape index (κ1) is 21.6. The van der Waals surface area contributed by atoms with E-state index < -0.39 is 21.7 Å². The van der Waals surface area contributed by atoms with E-state index in [9.17, 15) is 18.0 Å². The molecule has 0 fully saturated rings. The fourth-order valence-electron chi connectivity index (χ4n) is 3.07. The van der Waals surface area contributed by atoms with Crippen LogP contribution in [0.5, 0.6) is 5.75 Å². The molecule has 0 saturated carbocycles. The van der Waals surface area contributed by atoms with Crippen LogP contribution < -0.4 is 14.8 Å². The van der Waals surface area contributed by atoms with Crippen molar-refractivity contribution in [1.82, 2.24) is 4.57 Å². The van der Waals surface area contributed by atoms with E-state index in [1.54, 1.807) is 12.1 Å². The minimum atomic E-state index is -4.23. The van der Waals surface area contributed by atoms with Crippen LogP contribution in [0.25, 0.3) is 11.1 Å². The summed E-state index contributed by atoms with van der Waals surface area (Å²) in [6.45, 7) is 4.24.